The lowest BCUT2D eigenvalue weighted by Gasteiger charge is -2.04. The van der Waals surface area contributed by atoms with E-state index in [1.807, 2.05) is 0 Å². The molecule has 0 unspecified atom stereocenters. The Balaban J connectivity index is 1.67. The molecule has 0 saturated carbocycles. The molecule has 0 spiro atoms. The van der Waals surface area contributed by atoms with Crippen molar-refractivity contribution in [1.29, 1.82) is 0 Å². The van der Waals surface area contributed by atoms with Crippen LogP contribution in [0.3, 0.4) is 0 Å². The second-order valence-corrected chi connectivity index (χ2v) is 7.76. The summed E-state index contributed by atoms with van der Waals surface area (Å²) >= 11 is 0. The first-order valence-corrected chi connectivity index (χ1v) is 10.9. The average Bonchev–Trinajstić information content (AvgIpc) is 2.73. The van der Waals surface area contributed by atoms with Gasteiger partial charge in [0.1, 0.15) is 0 Å². The van der Waals surface area contributed by atoms with Gasteiger partial charge in [-0.05, 0) is 71.8 Å². The first kappa shape index (κ1) is 20.2. The zero-order valence-corrected chi connectivity index (χ0v) is 17.4. The third-order valence-electron chi connectivity index (χ3n) is 5.35. The summed E-state index contributed by atoms with van der Waals surface area (Å²) in [6, 6.07) is 22.1. The summed E-state index contributed by atoms with van der Waals surface area (Å²) in [4.78, 5) is 0. The van der Waals surface area contributed by atoms with Crippen molar-refractivity contribution in [2.75, 3.05) is 0 Å². The highest BCUT2D eigenvalue weighted by atomic mass is 14.0. The Bertz CT molecular complexity index is 935. The smallest absolute Gasteiger partial charge is 0.0255 e. The molecule has 0 radical (unpaired) electrons. The van der Waals surface area contributed by atoms with Crippen molar-refractivity contribution >= 4 is 10.8 Å². The van der Waals surface area contributed by atoms with Crippen LogP contribution in [0.2, 0.25) is 0 Å². The van der Waals surface area contributed by atoms with Crippen molar-refractivity contribution in [3.05, 3.63) is 82.9 Å². The summed E-state index contributed by atoms with van der Waals surface area (Å²) in [5.74, 6) is 6.65. The Labute approximate surface area is 171 Å². The molecule has 0 bridgehead atoms. The van der Waals surface area contributed by atoms with Crippen LogP contribution in [0.5, 0.6) is 0 Å². The van der Waals surface area contributed by atoms with E-state index >= 15 is 0 Å². The average molecular weight is 369 g/mol. The quantitative estimate of drug-likeness (QED) is 0.282. The Morgan fingerprint density at radius 2 is 1.07 bits per heavy atom. The van der Waals surface area contributed by atoms with E-state index in [9.17, 15) is 0 Å². The molecule has 3 aromatic carbocycles. The topological polar surface area (TPSA) is 0 Å². The second kappa shape index (κ2) is 10.7. The Kier molecular flexibility index (Phi) is 7.74. The minimum absolute atomic E-state index is 1.08. The summed E-state index contributed by atoms with van der Waals surface area (Å²) in [7, 11) is 0. The van der Waals surface area contributed by atoms with E-state index in [4.69, 9.17) is 0 Å². The summed E-state index contributed by atoms with van der Waals surface area (Å²) < 4.78 is 0. The van der Waals surface area contributed by atoms with Gasteiger partial charge in [-0.15, -0.1) is 0 Å². The van der Waals surface area contributed by atoms with Gasteiger partial charge in [-0.25, -0.2) is 0 Å². The lowest BCUT2D eigenvalue weighted by atomic mass is 10.0. The van der Waals surface area contributed by atoms with Crippen LogP contribution in [0, 0.1) is 11.8 Å². The van der Waals surface area contributed by atoms with Crippen LogP contribution in [0.25, 0.3) is 10.8 Å². The van der Waals surface area contributed by atoms with Gasteiger partial charge in [0.05, 0.1) is 0 Å². The number of benzene rings is 3. The molecule has 3 rings (SSSR count). The maximum Gasteiger partial charge on any atom is 0.0255 e. The third kappa shape index (κ3) is 6.00. The van der Waals surface area contributed by atoms with E-state index in [2.05, 4.69) is 86.4 Å². The number of rotatable bonds is 8. The molecule has 28 heavy (non-hydrogen) atoms. The lowest BCUT2D eigenvalue weighted by Crippen LogP contribution is -1.86. The molecule has 3 aromatic rings. The van der Waals surface area contributed by atoms with Gasteiger partial charge in [0.15, 0.2) is 0 Å². The molecule has 0 N–H and O–H groups in total. The van der Waals surface area contributed by atoms with Crippen LogP contribution in [-0.2, 0) is 12.8 Å². The fourth-order valence-electron chi connectivity index (χ4n) is 3.59. The van der Waals surface area contributed by atoms with Crippen LogP contribution in [0.4, 0.5) is 0 Å². The number of hydrogen-bond donors (Lipinski definition) is 0. The van der Waals surface area contributed by atoms with E-state index in [1.54, 1.807) is 0 Å². The molecule has 0 nitrogen and oxygen atoms in total. The molecular formula is C28H32. The van der Waals surface area contributed by atoms with Crippen molar-refractivity contribution < 1.29 is 0 Å². The van der Waals surface area contributed by atoms with Crippen molar-refractivity contribution in [3.8, 4) is 11.8 Å². The van der Waals surface area contributed by atoms with Crippen LogP contribution >= 0.6 is 0 Å². The molecule has 0 fully saturated rings. The third-order valence-corrected chi connectivity index (χ3v) is 5.35. The molecular weight excluding hydrogens is 336 g/mol. The normalized spacial score (nSPS) is 10.6. The molecule has 0 aliphatic carbocycles. The Hall–Kier alpha value is -2.52. The Morgan fingerprint density at radius 1 is 0.536 bits per heavy atom. The minimum atomic E-state index is 1.08. The molecule has 0 aliphatic rings. The van der Waals surface area contributed by atoms with Crippen molar-refractivity contribution in [2.45, 2.75) is 65.2 Å². The van der Waals surface area contributed by atoms with E-state index in [-0.39, 0.29) is 0 Å². The number of aryl methyl sites for hydroxylation is 2. The SMILES string of the molecule is CCCCCc1ccc(C#Cc2ccc3cc(CCCCC)ccc3c2)cc1. The second-order valence-electron chi connectivity index (χ2n) is 7.76. The van der Waals surface area contributed by atoms with Crippen LogP contribution in [-0.4, -0.2) is 0 Å². The molecule has 0 amide bonds. The standard InChI is InChI=1S/C28H32/c1-3-5-7-9-23-11-13-24(14-12-23)15-16-26-18-20-27-21-25(10-8-6-4-2)17-19-28(27)22-26/h11-14,17-22H,3-10H2,1-2H3. The monoisotopic (exact) mass is 368 g/mol. The van der Waals surface area contributed by atoms with E-state index < -0.39 is 0 Å². The molecule has 0 heteroatoms. The zero-order valence-electron chi connectivity index (χ0n) is 17.4. The fourth-order valence-corrected chi connectivity index (χ4v) is 3.59. The first-order valence-electron chi connectivity index (χ1n) is 10.9. The van der Waals surface area contributed by atoms with E-state index in [0.717, 1.165) is 11.1 Å². The number of fused-ring (bicyclic) bond motifs is 1. The molecule has 0 heterocycles. The van der Waals surface area contributed by atoms with Gasteiger partial charge in [-0.1, -0.05) is 87.8 Å². The highest BCUT2D eigenvalue weighted by molar-refractivity contribution is 5.84. The molecule has 0 saturated heterocycles. The summed E-state index contributed by atoms with van der Waals surface area (Å²) in [5.41, 5.74) is 5.03. The van der Waals surface area contributed by atoms with E-state index in [1.165, 1.54) is 73.3 Å². The largest absolute Gasteiger partial charge is 0.0654 e. The maximum absolute atomic E-state index is 3.33. The van der Waals surface area contributed by atoms with Crippen LogP contribution in [0.1, 0.15) is 74.6 Å². The molecule has 144 valence electrons. The minimum Gasteiger partial charge on any atom is -0.0654 e. The van der Waals surface area contributed by atoms with Gasteiger partial charge in [0.25, 0.3) is 0 Å². The van der Waals surface area contributed by atoms with Gasteiger partial charge in [-0.3, -0.25) is 0 Å². The highest BCUT2D eigenvalue weighted by Crippen LogP contribution is 2.19. The number of unbranched alkanes of at least 4 members (excludes halogenated alkanes) is 4. The summed E-state index contributed by atoms with van der Waals surface area (Å²) in [6.07, 6.45) is 10.1. The van der Waals surface area contributed by atoms with Gasteiger partial charge in [-0.2, -0.15) is 0 Å². The van der Waals surface area contributed by atoms with Crippen LogP contribution in [0.15, 0.2) is 60.7 Å². The maximum atomic E-state index is 3.33. The van der Waals surface area contributed by atoms with Crippen LogP contribution < -0.4 is 0 Å². The van der Waals surface area contributed by atoms with Crippen molar-refractivity contribution in [2.24, 2.45) is 0 Å². The molecule has 0 aromatic heterocycles. The van der Waals surface area contributed by atoms with Gasteiger partial charge >= 0.3 is 0 Å². The predicted octanol–water partition coefficient (Wildman–Crippen LogP) is 7.71. The van der Waals surface area contributed by atoms with E-state index in [0.29, 0.717) is 0 Å². The van der Waals surface area contributed by atoms with Gasteiger partial charge in [0, 0.05) is 11.1 Å². The fraction of sp³-hybridized carbons (Fsp3) is 0.357. The first-order chi connectivity index (χ1) is 13.8. The van der Waals surface area contributed by atoms with Gasteiger partial charge < -0.3 is 0 Å². The number of hydrogen-bond acceptors (Lipinski definition) is 0. The predicted molar refractivity (Wildman–Crippen MR) is 123 cm³/mol. The summed E-state index contributed by atoms with van der Waals surface area (Å²) in [6.45, 7) is 4.50. The zero-order chi connectivity index (χ0) is 19.6. The molecule has 0 aliphatic heterocycles. The molecule has 0 atom stereocenters. The van der Waals surface area contributed by atoms with Crippen molar-refractivity contribution in [3.63, 3.8) is 0 Å². The lowest BCUT2D eigenvalue weighted by molar-refractivity contribution is 0.717. The van der Waals surface area contributed by atoms with Gasteiger partial charge in [0.2, 0.25) is 0 Å². The summed E-state index contributed by atoms with van der Waals surface area (Å²) in [5, 5.41) is 2.59. The highest BCUT2D eigenvalue weighted by Gasteiger charge is 1.99. The Morgan fingerprint density at radius 3 is 1.79 bits per heavy atom. The van der Waals surface area contributed by atoms with Crippen molar-refractivity contribution in [1.82, 2.24) is 0 Å².